The van der Waals surface area contributed by atoms with Crippen LogP contribution in [0.15, 0.2) is 6.20 Å². The fourth-order valence-electron chi connectivity index (χ4n) is 1.43. The van der Waals surface area contributed by atoms with E-state index in [1.165, 1.54) is 12.8 Å². The maximum atomic E-state index is 9.59. The normalized spacial score (nSPS) is 18.4. The van der Waals surface area contributed by atoms with E-state index >= 15 is 0 Å². The molecule has 0 saturated heterocycles. The quantitative estimate of drug-likeness (QED) is 0.698. The van der Waals surface area contributed by atoms with E-state index in [0.29, 0.717) is 18.7 Å². The van der Waals surface area contributed by atoms with Gasteiger partial charge in [-0.3, -0.25) is 4.68 Å². The van der Waals surface area contributed by atoms with Crippen LogP contribution in [0.2, 0.25) is 0 Å². The summed E-state index contributed by atoms with van der Waals surface area (Å²) in [5.74, 6) is 0.774. The third-order valence-corrected chi connectivity index (χ3v) is 2.48. The number of aliphatic hydroxyl groups excluding tert-OH is 1. The monoisotopic (exact) mass is 196 g/mol. The Hall–Kier alpha value is -0.940. The second-order valence-electron chi connectivity index (χ2n) is 3.90. The number of hydrogen-bond donors (Lipinski definition) is 2. The zero-order valence-electron chi connectivity index (χ0n) is 8.13. The highest BCUT2D eigenvalue weighted by Crippen LogP contribution is 2.30. The minimum Gasteiger partial charge on any atom is -0.387 e. The maximum Gasteiger partial charge on any atom is 0.111 e. The van der Waals surface area contributed by atoms with Crippen molar-refractivity contribution in [1.29, 1.82) is 0 Å². The standard InChI is InChI=1S/C9H16N4O/c10-4-3-9(14)8-6-13(12-11-8)5-7-1-2-7/h6-7,9,14H,1-5,10H2/t9-/m1/s1. The number of aromatic nitrogens is 3. The van der Waals surface area contributed by atoms with Crippen molar-refractivity contribution in [2.24, 2.45) is 11.7 Å². The lowest BCUT2D eigenvalue weighted by atomic mass is 10.2. The summed E-state index contributed by atoms with van der Waals surface area (Å²) in [6, 6.07) is 0. The molecule has 0 aromatic carbocycles. The predicted octanol–water partition coefficient (Wildman–Crippen LogP) is 0.0703. The van der Waals surface area contributed by atoms with E-state index < -0.39 is 6.10 Å². The van der Waals surface area contributed by atoms with E-state index in [2.05, 4.69) is 10.3 Å². The Balaban J connectivity index is 1.93. The van der Waals surface area contributed by atoms with Crippen molar-refractivity contribution < 1.29 is 5.11 Å². The summed E-state index contributed by atoms with van der Waals surface area (Å²) in [6.45, 7) is 1.40. The van der Waals surface area contributed by atoms with Crippen LogP contribution >= 0.6 is 0 Å². The van der Waals surface area contributed by atoms with Gasteiger partial charge in [0.25, 0.3) is 0 Å². The minimum atomic E-state index is -0.562. The Morgan fingerprint density at radius 3 is 3.07 bits per heavy atom. The van der Waals surface area contributed by atoms with Gasteiger partial charge in [-0.05, 0) is 31.7 Å². The van der Waals surface area contributed by atoms with Gasteiger partial charge in [0.2, 0.25) is 0 Å². The molecule has 5 heteroatoms. The maximum absolute atomic E-state index is 9.59. The van der Waals surface area contributed by atoms with Crippen molar-refractivity contribution in [2.45, 2.75) is 31.9 Å². The number of nitrogens with two attached hydrogens (primary N) is 1. The third kappa shape index (κ3) is 2.30. The molecular formula is C9H16N4O. The summed E-state index contributed by atoms with van der Waals surface area (Å²) >= 11 is 0. The molecule has 5 nitrogen and oxygen atoms in total. The van der Waals surface area contributed by atoms with Crippen LogP contribution in [-0.2, 0) is 6.54 Å². The number of rotatable bonds is 5. The molecule has 0 bridgehead atoms. The minimum absolute atomic E-state index is 0.469. The molecule has 1 aromatic heterocycles. The Kier molecular flexibility index (Phi) is 2.79. The van der Waals surface area contributed by atoms with Crippen molar-refractivity contribution in [3.8, 4) is 0 Å². The molecule has 1 aliphatic carbocycles. The van der Waals surface area contributed by atoms with Crippen molar-refractivity contribution >= 4 is 0 Å². The lowest BCUT2D eigenvalue weighted by molar-refractivity contribution is 0.165. The molecule has 78 valence electrons. The van der Waals surface area contributed by atoms with Gasteiger partial charge in [0.15, 0.2) is 0 Å². The average molecular weight is 196 g/mol. The molecular weight excluding hydrogens is 180 g/mol. The third-order valence-electron chi connectivity index (χ3n) is 2.48. The SMILES string of the molecule is NCC[C@@H](O)c1cn(CC2CC2)nn1. The molecule has 1 atom stereocenters. The van der Waals surface area contributed by atoms with Crippen LogP contribution in [0, 0.1) is 5.92 Å². The molecule has 0 spiro atoms. The summed E-state index contributed by atoms with van der Waals surface area (Å²) in [5, 5.41) is 17.5. The molecule has 0 aliphatic heterocycles. The van der Waals surface area contributed by atoms with Crippen molar-refractivity contribution in [3.63, 3.8) is 0 Å². The summed E-state index contributed by atoms with van der Waals surface area (Å²) in [4.78, 5) is 0. The van der Waals surface area contributed by atoms with Crippen molar-refractivity contribution in [3.05, 3.63) is 11.9 Å². The van der Waals surface area contributed by atoms with E-state index in [1.807, 2.05) is 10.9 Å². The zero-order valence-corrected chi connectivity index (χ0v) is 8.13. The van der Waals surface area contributed by atoms with E-state index in [-0.39, 0.29) is 0 Å². The van der Waals surface area contributed by atoms with E-state index in [4.69, 9.17) is 5.73 Å². The summed E-state index contributed by atoms with van der Waals surface area (Å²) < 4.78 is 1.81. The first-order valence-corrected chi connectivity index (χ1v) is 5.07. The molecule has 14 heavy (non-hydrogen) atoms. The molecule has 1 saturated carbocycles. The van der Waals surface area contributed by atoms with Gasteiger partial charge in [0, 0.05) is 6.54 Å². The molecule has 1 fully saturated rings. The van der Waals surface area contributed by atoms with Gasteiger partial charge in [-0.15, -0.1) is 5.10 Å². The van der Waals surface area contributed by atoms with Gasteiger partial charge in [-0.25, -0.2) is 0 Å². The Morgan fingerprint density at radius 2 is 2.43 bits per heavy atom. The highest BCUT2D eigenvalue weighted by Gasteiger charge is 2.22. The molecule has 0 amide bonds. The van der Waals surface area contributed by atoms with Gasteiger partial charge in [-0.1, -0.05) is 5.21 Å². The number of aliphatic hydroxyl groups is 1. The van der Waals surface area contributed by atoms with E-state index in [9.17, 15) is 5.11 Å². The van der Waals surface area contributed by atoms with E-state index in [0.717, 1.165) is 12.5 Å². The van der Waals surface area contributed by atoms with Gasteiger partial charge >= 0.3 is 0 Å². The first kappa shape index (κ1) is 9.61. The predicted molar refractivity (Wildman–Crippen MR) is 51.4 cm³/mol. The van der Waals surface area contributed by atoms with Crippen LogP contribution in [0.4, 0.5) is 0 Å². The van der Waals surface area contributed by atoms with E-state index in [1.54, 1.807) is 0 Å². The molecule has 0 radical (unpaired) electrons. The van der Waals surface area contributed by atoms with Crippen LogP contribution in [0.5, 0.6) is 0 Å². The topological polar surface area (TPSA) is 77.0 Å². The lowest BCUT2D eigenvalue weighted by Gasteiger charge is -2.03. The smallest absolute Gasteiger partial charge is 0.111 e. The highest BCUT2D eigenvalue weighted by molar-refractivity contribution is 4.97. The van der Waals surface area contributed by atoms with Crippen LogP contribution in [-0.4, -0.2) is 26.6 Å². The van der Waals surface area contributed by atoms with Gasteiger partial charge in [-0.2, -0.15) is 0 Å². The summed E-state index contributed by atoms with van der Waals surface area (Å²) in [5.41, 5.74) is 5.98. The number of hydrogen-bond acceptors (Lipinski definition) is 4. The van der Waals surface area contributed by atoms with Crippen molar-refractivity contribution in [2.75, 3.05) is 6.54 Å². The molecule has 1 aromatic rings. The fraction of sp³-hybridized carbons (Fsp3) is 0.778. The Morgan fingerprint density at radius 1 is 1.64 bits per heavy atom. The molecule has 1 heterocycles. The highest BCUT2D eigenvalue weighted by atomic mass is 16.3. The van der Waals surface area contributed by atoms with Gasteiger partial charge in [0.05, 0.1) is 6.20 Å². The first-order chi connectivity index (χ1) is 6.79. The molecule has 1 aliphatic rings. The fourth-order valence-corrected chi connectivity index (χ4v) is 1.43. The largest absolute Gasteiger partial charge is 0.387 e. The number of nitrogens with zero attached hydrogens (tertiary/aromatic N) is 3. The average Bonchev–Trinajstić information content (AvgIpc) is 2.82. The van der Waals surface area contributed by atoms with Crippen molar-refractivity contribution in [1.82, 2.24) is 15.0 Å². The van der Waals surface area contributed by atoms with Gasteiger partial charge in [0.1, 0.15) is 11.8 Å². The van der Waals surface area contributed by atoms with Crippen LogP contribution in [0.3, 0.4) is 0 Å². The first-order valence-electron chi connectivity index (χ1n) is 5.07. The second-order valence-corrected chi connectivity index (χ2v) is 3.90. The Bertz CT molecular complexity index is 295. The Labute approximate surface area is 82.9 Å². The van der Waals surface area contributed by atoms with Crippen LogP contribution < -0.4 is 5.73 Å². The lowest BCUT2D eigenvalue weighted by Crippen LogP contribution is -2.07. The molecule has 2 rings (SSSR count). The zero-order chi connectivity index (χ0) is 9.97. The van der Waals surface area contributed by atoms with Crippen LogP contribution in [0.25, 0.3) is 0 Å². The molecule has 0 unspecified atom stereocenters. The molecule has 3 N–H and O–H groups in total. The second kappa shape index (κ2) is 4.06. The van der Waals surface area contributed by atoms with Gasteiger partial charge < -0.3 is 10.8 Å². The van der Waals surface area contributed by atoms with Crippen LogP contribution in [0.1, 0.15) is 31.1 Å². The summed E-state index contributed by atoms with van der Waals surface area (Å²) in [7, 11) is 0. The summed E-state index contributed by atoms with van der Waals surface area (Å²) in [6.07, 6.45) is 4.38.